The number of piperidine rings is 1. The quantitative estimate of drug-likeness (QED) is 0.540. The zero-order valence-corrected chi connectivity index (χ0v) is 20.8. The molecule has 2 fully saturated rings. The summed E-state index contributed by atoms with van der Waals surface area (Å²) in [6.07, 6.45) is 5.78. The van der Waals surface area contributed by atoms with Crippen LogP contribution in [0.1, 0.15) is 80.0 Å². The summed E-state index contributed by atoms with van der Waals surface area (Å²) in [6, 6.07) is 6.01. The molecule has 1 saturated heterocycles. The van der Waals surface area contributed by atoms with Crippen LogP contribution in [-0.2, 0) is 9.53 Å². The van der Waals surface area contributed by atoms with Crippen molar-refractivity contribution in [3.05, 3.63) is 51.1 Å². The van der Waals surface area contributed by atoms with Crippen LogP contribution in [0.15, 0.2) is 23.0 Å². The van der Waals surface area contributed by atoms with Crippen molar-refractivity contribution in [2.45, 2.75) is 71.4 Å². The van der Waals surface area contributed by atoms with E-state index in [-0.39, 0.29) is 29.5 Å². The minimum Gasteiger partial charge on any atom is -0.466 e. The summed E-state index contributed by atoms with van der Waals surface area (Å²) in [5, 5.41) is 13.9. The maximum Gasteiger partial charge on any atom is 0.309 e. The summed E-state index contributed by atoms with van der Waals surface area (Å²) >= 11 is 0. The first kappa shape index (κ1) is 23.7. The highest BCUT2D eigenvalue weighted by atomic mass is 16.5. The van der Waals surface area contributed by atoms with E-state index in [2.05, 4.69) is 37.5 Å². The average molecular weight is 479 g/mol. The Kier molecular flexibility index (Phi) is 6.69. The molecule has 1 aliphatic heterocycles. The summed E-state index contributed by atoms with van der Waals surface area (Å²) in [6.45, 7) is 7.63. The van der Waals surface area contributed by atoms with Gasteiger partial charge in [0.05, 0.1) is 24.1 Å². The number of aromatic nitrogens is 5. The Morgan fingerprint density at radius 1 is 1.17 bits per heavy atom. The zero-order chi connectivity index (χ0) is 24.5. The highest BCUT2D eigenvalue weighted by molar-refractivity contribution is 5.83. The predicted molar refractivity (Wildman–Crippen MR) is 132 cm³/mol. The molecule has 1 N–H and O–H groups in total. The van der Waals surface area contributed by atoms with Crippen LogP contribution >= 0.6 is 0 Å². The molecule has 0 bridgehead atoms. The van der Waals surface area contributed by atoms with Gasteiger partial charge in [0, 0.05) is 18.7 Å². The molecule has 2 aliphatic rings. The van der Waals surface area contributed by atoms with Gasteiger partial charge in [0.15, 0.2) is 5.82 Å². The van der Waals surface area contributed by atoms with Gasteiger partial charge < -0.3 is 9.72 Å². The van der Waals surface area contributed by atoms with E-state index in [1.54, 1.807) is 0 Å². The Hall–Kier alpha value is -3.07. The third-order valence-corrected chi connectivity index (χ3v) is 7.82. The van der Waals surface area contributed by atoms with Gasteiger partial charge in [-0.05, 0) is 79.5 Å². The Labute approximate surface area is 204 Å². The monoisotopic (exact) mass is 478 g/mol. The van der Waals surface area contributed by atoms with Gasteiger partial charge in [-0.1, -0.05) is 25.0 Å². The van der Waals surface area contributed by atoms with Crippen molar-refractivity contribution in [2.24, 2.45) is 5.92 Å². The highest BCUT2D eigenvalue weighted by Gasteiger charge is 2.36. The fraction of sp³-hybridized carbons (Fsp3) is 0.577. The number of pyridine rings is 1. The summed E-state index contributed by atoms with van der Waals surface area (Å²) in [5.74, 6) is 0.465. The van der Waals surface area contributed by atoms with Crippen molar-refractivity contribution in [1.29, 1.82) is 0 Å². The lowest BCUT2D eigenvalue weighted by Gasteiger charge is -2.36. The van der Waals surface area contributed by atoms with Crippen LogP contribution in [0.4, 0.5) is 0 Å². The predicted octanol–water partition coefficient (Wildman–Crippen LogP) is 3.61. The third-order valence-electron chi connectivity index (χ3n) is 7.82. The molecule has 0 spiro atoms. The van der Waals surface area contributed by atoms with E-state index in [1.165, 1.54) is 0 Å². The van der Waals surface area contributed by atoms with Gasteiger partial charge in [-0.2, -0.15) is 0 Å². The van der Waals surface area contributed by atoms with Crippen LogP contribution in [0.3, 0.4) is 0 Å². The van der Waals surface area contributed by atoms with Crippen LogP contribution in [0, 0.1) is 19.8 Å². The molecule has 0 amide bonds. The number of ether oxygens (including phenoxy) is 1. The maximum atomic E-state index is 13.5. The fourth-order valence-corrected chi connectivity index (χ4v) is 5.69. The summed E-state index contributed by atoms with van der Waals surface area (Å²) in [5.41, 5.74) is 3.61. The van der Waals surface area contributed by atoms with Crippen molar-refractivity contribution in [2.75, 3.05) is 19.7 Å². The molecule has 1 atom stereocenters. The number of benzene rings is 1. The standard InChI is InChI=1S/C26H34N6O3/c1-4-35-26(34)18-11-13-31(14-12-18)23(24-28-29-30-32(24)20-7-5-6-8-20)21-15-19-10-9-16(2)17(3)22(19)27-25(21)33/h9-10,15,18,20,23H,4-8,11-14H2,1-3H3,(H,27,33)/t23-/m0/s1. The van der Waals surface area contributed by atoms with Gasteiger partial charge in [0.25, 0.3) is 5.56 Å². The van der Waals surface area contributed by atoms with Crippen LogP contribution in [-0.4, -0.2) is 55.8 Å². The molecule has 186 valence electrons. The number of nitrogens with one attached hydrogen (secondary N) is 1. The van der Waals surface area contributed by atoms with Crippen molar-refractivity contribution in [3.63, 3.8) is 0 Å². The average Bonchev–Trinajstić information content (AvgIpc) is 3.55. The van der Waals surface area contributed by atoms with Gasteiger partial charge in [-0.25, -0.2) is 4.68 Å². The number of hydrogen-bond donors (Lipinski definition) is 1. The van der Waals surface area contributed by atoms with Crippen molar-refractivity contribution < 1.29 is 9.53 Å². The van der Waals surface area contributed by atoms with E-state index in [1.807, 2.05) is 31.5 Å². The number of likely N-dealkylation sites (tertiary alicyclic amines) is 1. The van der Waals surface area contributed by atoms with Crippen LogP contribution in [0.2, 0.25) is 0 Å². The topological polar surface area (TPSA) is 106 Å². The summed E-state index contributed by atoms with van der Waals surface area (Å²) in [4.78, 5) is 31.3. The van der Waals surface area contributed by atoms with E-state index in [4.69, 9.17) is 4.74 Å². The van der Waals surface area contributed by atoms with E-state index in [0.717, 1.165) is 47.7 Å². The normalized spacial score (nSPS) is 18.8. The van der Waals surface area contributed by atoms with Crippen LogP contribution in [0.25, 0.3) is 10.9 Å². The third kappa shape index (κ3) is 4.49. The Morgan fingerprint density at radius 2 is 1.91 bits per heavy atom. The number of fused-ring (bicyclic) bond motifs is 1. The number of nitrogens with zero attached hydrogens (tertiary/aromatic N) is 5. The minimum absolute atomic E-state index is 0.113. The van der Waals surface area contributed by atoms with Gasteiger partial charge >= 0.3 is 5.97 Å². The SMILES string of the molecule is CCOC(=O)C1CCN([C@@H](c2cc3ccc(C)c(C)c3[nH]c2=O)c2nnnn2C2CCCC2)CC1. The molecule has 2 aromatic heterocycles. The summed E-state index contributed by atoms with van der Waals surface area (Å²) in [7, 11) is 0. The molecule has 1 aromatic carbocycles. The Balaban J connectivity index is 1.56. The minimum atomic E-state index is -0.386. The maximum absolute atomic E-state index is 13.5. The molecule has 0 unspecified atom stereocenters. The molecule has 3 heterocycles. The van der Waals surface area contributed by atoms with E-state index < -0.39 is 0 Å². The molecule has 1 aliphatic carbocycles. The number of rotatable bonds is 6. The summed E-state index contributed by atoms with van der Waals surface area (Å²) < 4.78 is 7.20. The van der Waals surface area contributed by atoms with E-state index in [0.29, 0.717) is 43.9 Å². The number of carbonyl (C=O) groups is 1. The number of tetrazole rings is 1. The lowest BCUT2D eigenvalue weighted by Crippen LogP contribution is -2.42. The largest absolute Gasteiger partial charge is 0.466 e. The number of carbonyl (C=O) groups excluding carboxylic acids is 1. The van der Waals surface area contributed by atoms with Crippen molar-refractivity contribution in [3.8, 4) is 0 Å². The lowest BCUT2D eigenvalue weighted by molar-refractivity contribution is -0.149. The zero-order valence-electron chi connectivity index (χ0n) is 20.8. The molecule has 5 rings (SSSR count). The molecule has 9 heteroatoms. The number of esters is 1. The van der Waals surface area contributed by atoms with Gasteiger partial charge in [-0.15, -0.1) is 5.10 Å². The van der Waals surface area contributed by atoms with Crippen LogP contribution in [0.5, 0.6) is 0 Å². The number of H-pyrrole nitrogens is 1. The van der Waals surface area contributed by atoms with Crippen LogP contribution < -0.4 is 5.56 Å². The first-order valence-corrected chi connectivity index (χ1v) is 12.8. The first-order valence-electron chi connectivity index (χ1n) is 12.8. The van der Waals surface area contributed by atoms with Gasteiger partial charge in [0.1, 0.15) is 6.04 Å². The van der Waals surface area contributed by atoms with E-state index in [9.17, 15) is 9.59 Å². The second kappa shape index (κ2) is 9.89. The molecule has 35 heavy (non-hydrogen) atoms. The van der Waals surface area contributed by atoms with E-state index >= 15 is 0 Å². The second-order valence-electron chi connectivity index (χ2n) is 9.91. The Morgan fingerprint density at radius 3 is 2.63 bits per heavy atom. The van der Waals surface area contributed by atoms with Gasteiger partial charge in [-0.3, -0.25) is 14.5 Å². The molecule has 1 saturated carbocycles. The van der Waals surface area contributed by atoms with Crippen molar-refractivity contribution in [1.82, 2.24) is 30.1 Å². The molecular formula is C26H34N6O3. The lowest BCUT2D eigenvalue weighted by atomic mass is 9.93. The van der Waals surface area contributed by atoms with Crippen molar-refractivity contribution >= 4 is 16.9 Å². The Bertz CT molecular complexity index is 1270. The van der Waals surface area contributed by atoms with Gasteiger partial charge in [0.2, 0.25) is 0 Å². The first-order chi connectivity index (χ1) is 17.0. The molecule has 9 nitrogen and oxygen atoms in total. The fourth-order valence-electron chi connectivity index (χ4n) is 5.69. The smallest absolute Gasteiger partial charge is 0.309 e. The highest BCUT2D eigenvalue weighted by Crippen LogP contribution is 2.35. The molecule has 3 aromatic rings. The number of aromatic amines is 1. The second-order valence-corrected chi connectivity index (χ2v) is 9.91. The molecular weight excluding hydrogens is 444 g/mol. The number of aryl methyl sites for hydroxylation is 2. The molecule has 0 radical (unpaired) electrons. The number of hydrogen-bond acceptors (Lipinski definition) is 7.